The Hall–Kier alpha value is -3.55. The predicted octanol–water partition coefficient (Wildman–Crippen LogP) is 0.292. The first kappa shape index (κ1) is 23.7. The molecule has 31 heavy (non-hydrogen) atoms. The second-order valence-electron chi connectivity index (χ2n) is 6.32. The Labute approximate surface area is 175 Å². The Morgan fingerprint density at radius 3 is 2.23 bits per heavy atom. The zero-order valence-corrected chi connectivity index (χ0v) is 17.1. The van der Waals surface area contributed by atoms with Gasteiger partial charge in [-0.25, -0.2) is 9.48 Å². The van der Waals surface area contributed by atoms with Gasteiger partial charge in [-0.2, -0.15) is 5.10 Å². The number of carbonyl (C=O) groups excluding carboxylic acids is 4. The van der Waals surface area contributed by atoms with Crippen molar-refractivity contribution in [3.8, 4) is 0 Å². The quantitative estimate of drug-likeness (QED) is 0.233. The van der Waals surface area contributed by atoms with Crippen LogP contribution in [0.3, 0.4) is 0 Å². The molecular weight excluding hydrogens is 422 g/mol. The second kappa shape index (κ2) is 9.97. The summed E-state index contributed by atoms with van der Waals surface area (Å²) in [6.45, 7) is 4.37. The molecule has 0 amide bonds. The summed E-state index contributed by atoms with van der Waals surface area (Å²) in [5, 5.41) is 15.2. The number of ether oxygens (including phenoxy) is 5. The molecule has 0 aliphatic carbocycles. The fraction of sp³-hybridized carbons (Fsp3) is 0.588. The van der Waals surface area contributed by atoms with E-state index in [4.69, 9.17) is 23.7 Å². The predicted molar refractivity (Wildman–Crippen MR) is 96.5 cm³/mol. The number of carbonyl (C=O) groups is 4. The van der Waals surface area contributed by atoms with Gasteiger partial charge in [0, 0.05) is 20.8 Å². The number of rotatable bonds is 8. The summed E-state index contributed by atoms with van der Waals surface area (Å²) in [6, 6.07) is 0. The maximum absolute atomic E-state index is 12.4. The van der Waals surface area contributed by atoms with Crippen LogP contribution in [0.15, 0.2) is 6.20 Å². The van der Waals surface area contributed by atoms with Gasteiger partial charge < -0.3 is 23.7 Å². The van der Waals surface area contributed by atoms with E-state index in [-0.39, 0.29) is 13.2 Å². The average Bonchev–Trinajstić information content (AvgIpc) is 3.22. The van der Waals surface area contributed by atoms with Crippen molar-refractivity contribution in [1.29, 1.82) is 0 Å². The van der Waals surface area contributed by atoms with Crippen LogP contribution in [0.2, 0.25) is 0 Å². The van der Waals surface area contributed by atoms with E-state index < -0.39 is 64.7 Å². The molecule has 1 aromatic heterocycles. The molecular formula is C17H21N3O11. The Bertz CT molecular complexity index is 881. The summed E-state index contributed by atoms with van der Waals surface area (Å²) in [4.78, 5) is 57.4. The molecule has 1 saturated heterocycles. The molecule has 0 unspecified atom stereocenters. The summed E-state index contributed by atoms with van der Waals surface area (Å²) in [5.41, 5.74) is -1.24. The molecule has 4 atom stereocenters. The summed E-state index contributed by atoms with van der Waals surface area (Å²) >= 11 is 0. The Balaban J connectivity index is 2.54. The topological polar surface area (TPSA) is 175 Å². The second-order valence-corrected chi connectivity index (χ2v) is 6.32. The van der Waals surface area contributed by atoms with Crippen molar-refractivity contribution in [3.05, 3.63) is 22.0 Å². The molecule has 0 aromatic carbocycles. The number of aromatic nitrogens is 2. The van der Waals surface area contributed by atoms with E-state index in [1.807, 2.05) is 0 Å². The van der Waals surface area contributed by atoms with E-state index in [2.05, 4.69) is 5.10 Å². The molecule has 2 heterocycles. The zero-order chi connectivity index (χ0) is 23.3. The maximum atomic E-state index is 12.4. The van der Waals surface area contributed by atoms with E-state index in [1.54, 1.807) is 0 Å². The van der Waals surface area contributed by atoms with Crippen LogP contribution in [0.4, 0.5) is 5.69 Å². The first-order valence-electron chi connectivity index (χ1n) is 9.09. The van der Waals surface area contributed by atoms with Gasteiger partial charge in [0.05, 0.1) is 11.5 Å². The van der Waals surface area contributed by atoms with Gasteiger partial charge in [-0.3, -0.25) is 24.5 Å². The van der Waals surface area contributed by atoms with E-state index >= 15 is 0 Å². The summed E-state index contributed by atoms with van der Waals surface area (Å²) < 4.78 is 26.7. The highest BCUT2D eigenvalue weighted by Gasteiger charge is 2.52. The third-order valence-corrected chi connectivity index (χ3v) is 4.02. The Morgan fingerprint density at radius 1 is 1.10 bits per heavy atom. The van der Waals surface area contributed by atoms with Crippen LogP contribution < -0.4 is 0 Å². The van der Waals surface area contributed by atoms with Crippen molar-refractivity contribution in [2.45, 2.75) is 52.2 Å². The first-order valence-corrected chi connectivity index (χ1v) is 9.09. The van der Waals surface area contributed by atoms with E-state index in [0.717, 1.165) is 31.6 Å². The number of esters is 4. The van der Waals surface area contributed by atoms with Crippen LogP contribution >= 0.6 is 0 Å². The smallest absolute Gasteiger partial charge is 0.363 e. The molecule has 14 heteroatoms. The molecule has 170 valence electrons. The molecule has 0 bridgehead atoms. The largest absolute Gasteiger partial charge is 0.463 e. The highest BCUT2D eigenvalue weighted by molar-refractivity contribution is 5.92. The fourth-order valence-corrected chi connectivity index (χ4v) is 2.97. The molecule has 1 fully saturated rings. The number of hydrogen-bond donors (Lipinski definition) is 0. The molecule has 1 aliphatic heterocycles. The zero-order valence-electron chi connectivity index (χ0n) is 17.1. The third kappa shape index (κ3) is 5.53. The van der Waals surface area contributed by atoms with Gasteiger partial charge in [-0.1, -0.05) is 0 Å². The minimum absolute atomic E-state index is 0.0782. The minimum Gasteiger partial charge on any atom is -0.463 e. The molecule has 0 saturated carbocycles. The Morgan fingerprint density at radius 2 is 1.71 bits per heavy atom. The van der Waals surface area contributed by atoms with Crippen molar-refractivity contribution in [2.24, 2.45) is 0 Å². The third-order valence-electron chi connectivity index (χ3n) is 4.02. The van der Waals surface area contributed by atoms with Crippen LogP contribution in [0, 0.1) is 10.1 Å². The van der Waals surface area contributed by atoms with Gasteiger partial charge in [0.1, 0.15) is 18.9 Å². The molecule has 0 spiro atoms. The van der Waals surface area contributed by atoms with Crippen LogP contribution in [-0.2, 0) is 38.1 Å². The van der Waals surface area contributed by atoms with E-state index in [0.29, 0.717) is 0 Å². The van der Waals surface area contributed by atoms with Gasteiger partial charge >= 0.3 is 29.6 Å². The van der Waals surface area contributed by atoms with Crippen molar-refractivity contribution in [1.82, 2.24) is 9.78 Å². The fourth-order valence-electron chi connectivity index (χ4n) is 2.97. The lowest BCUT2D eigenvalue weighted by molar-refractivity contribution is -0.385. The standard InChI is InChI=1S/C17H21N3O11/c1-5-27-17(24)13-11(20(25)26)6-18-19(13)16-15(30-10(4)23)14(29-9(3)22)12(31-16)7-28-8(2)21/h6,12,14-16H,5,7H2,1-4H3/t12-,14+,15-,16+/m0/s1. The lowest BCUT2D eigenvalue weighted by Gasteiger charge is -2.23. The van der Waals surface area contributed by atoms with Gasteiger partial charge in [0.25, 0.3) is 0 Å². The number of hydrogen-bond acceptors (Lipinski definition) is 12. The summed E-state index contributed by atoms with van der Waals surface area (Å²) in [6.07, 6.45) is -4.37. The highest BCUT2D eigenvalue weighted by atomic mass is 16.7. The van der Waals surface area contributed by atoms with Gasteiger partial charge in [-0.15, -0.1) is 0 Å². The van der Waals surface area contributed by atoms with E-state index in [1.165, 1.54) is 6.92 Å². The monoisotopic (exact) mass is 443 g/mol. The van der Waals surface area contributed by atoms with Crippen molar-refractivity contribution in [2.75, 3.05) is 13.2 Å². The van der Waals surface area contributed by atoms with Gasteiger partial charge in [0.15, 0.2) is 18.4 Å². The van der Waals surface area contributed by atoms with Gasteiger partial charge in [0.2, 0.25) is 5.69 Å². The lowest BCUT2D eigenvalue weighted by Crippen LogP contribution is -2.41. The Kier molecular flexibility index (Phi) is 7.63. The van der Waals surface area contributed by atoms with E-state index in [9.17, 15) is 29.3 Å². The maximum Gasteiger partial charge on any atom is 0.363 e. The molecule has 0 radical (unpaired) electrons. The summed E-state index contributed by atoms with van der Waals surface area (Å²) in [5.74, 6) is -3.26. The van der Waals surface area contributed by atoms with Crippen LogP contribution in [0.5, 0.6) is 0 Å². The summed E-state index contributed by atoms with van der Waals surface area (Å²) in [7, 11) is 0. The van der Waals surface area contributed by atoms with Gasteiger partial charge in [-0.05, 0) is 6.92 Å². The van der Waals surface area contributed by atoms with Crippen molar-refractivity contribution >= 4 is 29.6 Å². The molecule has 0 N–H and O–H groups in total. The molecule has 14 nitrogen and oxygen atoms in total. The van der Waals surface area contributed by atoms with Crippen LogP contribution in [-0.4, -0.2) is 70.1 Å². The minimum atomic E-state index is -1.43. The normalized spacial score (nSPS) is 22.5. The molecule has 1 aromatic rings. The molecule has 1 aliphatic rings. The highest BCUT2D eigenvalue weighted by Crippen LogP contribution is 2.36. The molecule has 2 rings (SSSR count). The number of nitrogens with zero attached hydrogens (tertiary/aromatic N) is 3. The van der Waals surface area contributed by atoms with Crippen LogP contribution in [0.1, 0.15) is 44.4 Å². The van der Waals surface area contributed by atoms with Crippen LogP contribution in [0.25, 0.3) is 0 Å². The average molecular weight is 443 g/mol. The SMILES string of the molecule is CCOC(=O)c1c([N+](=O)[O-])cnn1[C@@H]1O[C@@H](COC(C)=O)[C@@H](OC(C)=O)[C@@H]1OC(C)=O. The number of nitro groups is 1. The first-order chi connectivity index (χ1) is 14.6. The lowest BCUT2D eigenvalue weighted by atomic mass is 10.1. The van der Waals surface area contributed by atoms with Crippen molar-refractivity contribution in [3.63, 3.8) is 0 Å². The van der Waals surface area contributed by atoms with Crippen molar-refractivity contribution < 1.29 is 47.8 Å².